The zero-order chi connectivity index (χ0) is 17.5. The molecule has 2 amide bonds. The molecule has 24 heavy (non-hydrogen) atoms. The van der Waals surface area contributed by atoms with Gasteiger partial charge in [-0.2, -0.15) is 0 Å². The lowest BCUT2D eigenvalue weighted by Gasteiger charge is -2.29. The van der Waals surface area contributed by atoms with Gasteiger partial charge in [-0.3, -0.25) is 9.59 Å². The van der Waals surface area contributed by atoms with Gasteiger partial charge in [-0.05, 0) is 36.1 Å². The molecule has 132 valence electrons. The molecule has 0 saturated heterocycles. The van der Waals surface area contributed by atoms with Crippen molar-refractivity contribution in [2.24, 2.45) is 0 Å². The third-order valence-corrected chi connectivity index (χ3v) is 4.01. The van der Waals surface area contributed by atoms with Crippen molar-refractivity contribution in [3.8, 4) is 11.5 Å². The van der Waals surface area contributed by atoms with E-state index in [1.165, 1.54) is 0 Å². The number of methoxy groups -OCH3 is 3. The third kappa shape index (κ3) is 4.17. The molecule has 0 saturated carbocycles. The minimum absolute atomic E-state index is 0.389. The number of amides is 2. The first-order chi connectivity index (χ1) is 11.6. The lowest BCUT2D eigenvalue weighted by Crippen LogP contribution is -2.45. The first kappa shape index (κ1) is 18.1. The Labute approximate surface area is 141 Å². The maximum absolute atomic E-state index is 12.3. The average Bonchev–Trinajstić information content (AvgIpc) is 2.62. The lowest BCUT2D eigenvalue weighted by atomic mass is 9.98. The maximum Gasteiger partial charge on any atom is 0.312 e. The van der Waals surface area contributed by atoms with Gasteiger partial charge in [-0.1, -0.05) is 0 Å². The van der Waals surface area contributed by atoms with Crippen LogP contribution in [-0.2, 0) is 27.3 Å². The molecule has 0 fully saturated rings. The molecule has 7 nitrogen and oxygen atoms in total. The summed E-state index contributed by atoms with van der Waals surface area (Å²) in [5.41, 5.74) is 2.08. The molecule has 0 spiro atoms. The molecule has 1 N–H and O–H groups in total. The van der Waals surface area contributed by atoms with Gasteiger partial charge in [-0.15, -0.1) is 0 Å². The molecule has 0 unspecified atom stereocenters. The van der Waals surface area contributed by atoms with Crippen molar-refractivity contribution in [3.05, 3.63) is 23.3 Å². The molecule has 1 aromatic rings. The van der Waals surface area contributed by atoms with Crippen molar-refractivity contribution in [2.75, 3.05) is 41.0 Å². The highest BCUT2D eigenvalue weighted by Gasteiger charge is 2.26. The highest BCUT2D eigenvalue weighted by molar-refractivity contribution is 6.35. The van der Waals surface area contributed by atoms with Crippen molar-refractivity contribution in [2.45, 2.75) is 19.4 Å². The van der Waals surface area contributed by atoms with Crippen molar-refractivity contribution in [3.63, 3.8) is 0 Å². The van der Waals surface area contributed by atoms with Gasteiger partial charge in [0.05, 0.1) is 14.2 Å². The number of fused-ring (bicyclic) bond motifs is 1. The van der Waals surface area contributed by atoms with Gasteiger partial charge in [0.2, 0.25) is 0 Å². The quantitative estimate of drug-likeness (QED) is 0.612. The number of carbonyl (C=O) groups is 2. The predicted octanol–water partition coefficient (Wildman–Crippen LogP) is 0.741. The summed E-state index contributed by atoms with van der Waals surface area (Å²) in [4.78, 5) is 25.8. The fourth-order valence-corrected chi connectivity index (χ4v) is 2.69. The van der Waals surface area contributed by atoms with E-state index in [2.05, 4.69) is 5.32 Å². The van der Waals surface area contributed by atoms with Gasteiger partial charge in [0, 0.05) is 33.4 Å². The number of nitrogens with zero attached hydrogens (tertiary/aromatic N) is 1. The van der Waals surface area contributed by atoms with Crippen molar-refractivity contribution in [1.82, 2.24) is 10.2 Å². The molecular weight excluding hydrogens is 312 g/mol. The van der Waals surface area contributed by atoms with E-state index < -0.39 is 11.8 Å². The number of nitrogens with one attached hydrogen (secondary N) is 1. The zero-order valence-electron chi connectivity index (χ0n) is 14.4. The van der Waals surface area contributed by atoms with Gasteiger partial charge in [0.15, 0.2) is 11.5 Å². The Hall–Kier alpha value is -2.28. The number of hydrogen-bond donors (Lipinski definition) is 1. The van der Waals surface area contributed by atoms with E-state index in [1.54, 1.807) is 26.2 Å². The molecule has 0 atom stereocenters. The summed E-state index contributed by atoms with van der Waals surface area (Å²) < 4.78 is 15.5. The number of hydrogen-bond acceptors (Lipinski definition) is 5. The normalized spacial score (nSPS) is 13.2. The van der Waals surface area contributed by atoms with E-state index in [-0.39, 0.29) is 0 Å². The number of benzene rings is 1. The third-order valence-electron chi connectivity index (χ3n) is 4.01. The number of carbonyl (C=O) groups excluding carboxylic acids is 2. The largest absolute Gasteiger partial charge is 0.493 e. The lowest BCUT2D eigenvalue weighted by molar-refractivity contribution is -0.146. The molecule has 7 heteroatoms. The topological polar surface area (TPSA) is 77.1 Å². The Morgan fingerprint density at radius 1 is 1.12 bits per heavy atom. The van der Waals surface area contributed by atoms with E-state index >= 15 is 0 Å². The molecule has 0 aliphatic carbocycles. The average molecular weight is 336 g/mol. The van der Waals surface area contributed by atoms with Crippen LogP contribution >= 0.6 is 0 Å². The molecule has 1 aliphatic heterocycles. The summed E-state index contributed by atoms with van der Waals surface area (Å²) in [5.74, 6) is 0.212. The van der Waals surface area contributed by atoms with Crippen LogP contribution in [-0.4, -0.2) is 57.7 Å². The smallest absolute Gasteiger partial charge is 0.312 e. The van der Waals surface area contributed by atoms with E-state index in [0.717, 1.165) is 11.1 Å². The second-order valence-corrected chi connectivity index (χ2v) is 5.55. The molecule has 1 heterocycles. The summed E-state index contributed by atoms with van der Waals surface area (Å²) in [6, 6.07) is 3.80. The standard InChI is InChI=1S/C17H24N2O5/c1-22-8-4-6-18-16(20)17(21)19-7-5-12-9-14(23-2)15(24-3)10-13(12)11-19/h9-10H,4-8,11H2,1-3H3,(H,18,20). The molecule has 1 aromatic carbocycles. The Morgan fingerprint density at radius 2 is 1.79 bits per heavy atom. The Kier molecular flexibility index (Phi) is 6.43. The highest BCUT2D eigenvalue weighted by Crippen LogP contribution is 2.33. The fourth-order valence-electron chi connectivity index (χ4n) is 2.69. The SMILES string of the molecule is COCCCNC(=O)C(=O)N1CCc2cc(OC)c(OC)cc2C1. The van der Waals surface area contributed by atoms with Crippen molar-refractivity contribution < 1.29 is 23.8 Å². The molecule has 0 bridgehead atoms. The summed E-state index contributed by atoms with van der Waals surface area (Å²) in [7, 11) is 4.77. The first-order valence-electron chi connectivity index (χ1n) is 7.90. The highest BCUT2D eigenvalue weighted by atomic mass is 16.5. The molecule has 1 aliphatic rings. The Balaban J connectivity index is 2.01. The van der Waals surface area contributed by atoms with Crippen molar-refractivity contribution >= 4 is 11.8 Å². The molecular formula is C17H24N2O5. The minimum atomic E-state index is -0.574. The van der Waals surface area contributed by atoms with Crippen LogP contribution in [0.5, 0.6) is 11.5 Å². The van der Waals surface area contributed by atoms with E-state index in [9.17, 15) is 9.59 Å². The Morgan fingerprint density at radius 3 is 2.42 bits per heavy atom. The minimum Gasteiger partial charge on any atom is -0.493 e. The molecule has 0 aromatic heterocycles. The van der Waals surface area contributed by atoms with Crippen LogP contribution in [0.1, 0.15) is 17.5 Å². The van der Waals surface area contributed by atoms with Crippen molar-refractivity contribution in [1.29, 1.82) is 0 Å². The maximum atomic E-state index is 12.3. The Bertz CT molecular complexity index is 603. The summed E-state index contributed by atoms with van der Waals surface area (Å²) in [5, 5.41) is 2.62. The van der Waals surface area contributed by atoms with Crippen LogP contribution in [0.4, 0.5) is 0 Å². The second kappa shape index (κ2) is 8.54. The number of ether oxygens (including phenoxy) is 3. The second-order valence-electron chi connectivity index (χ2n) is 5.55. The van der Waals surface area contributed by atoms with E-state index in [1.807, 2.05) is 12.1 Å². The molecule has 0 radical (unpaired) electrons. The van der Waals surface area contributed by atoms with Crippen LogP contribution < -0.4 is 14.8 Å². The van der Waals surface area contributed by atoms with E-state index in [4.69, 9.17) is 14.2 Å². The first-order valence-corrected chi connectivity index (χ1v) is 7.90. The van der Waals surface area contributed by atoms with Crippen LogP contribution in [0.2, 0.25) is 0 Å². The van der Waals surface area contributed by atoms with Gasteiger partial charge in [-0.25, -0.2) is 0 Å². The number of rotatable bonds is 6. The summed E-state index contributed by atoms with van der Waals surface area (Å²) in [6.07, 6.45) is 1.35. The fraction of sp³-hybridized carbons (Fsp3) is 0.529. The predicted molar refractivity (Wildman–Crippen MR) is 88.2 cm³/mol. The van der Waals surface area contributed by atoms with Crippen LogP contribution in [0.25, 0.3) is 0 Å². The van der Waals surface area contributed by atoms with Crippen LogP contribution in [0.3, 0.4) is 0 Å². The molecule has 2 rings (SSSR count). The van der Waals surface area contributed by atoms with Crippen LogP contribution in [0.15, 0.2) is 12.1 Å². The van der Waals surface area contributed by atoms with Gasteiger partial charge < -0.3 is 24.4 Å². The van der Waals surface area contributed by atoms with E-state index in [0.29, 0.717) is 50.6 Å². The summed E-state index contributed by atoms with van der Waals surface area (Å²) in [6.45, 7) is 1.87. The monoisotopic (exact) mass is 336 g/mol. The van der Waals surface area contributed by atoms with Crippen LogP contribution in [0, 0.1) is 0 Å². The van der Waals surface area contributed by atoms with Gasteiger partial charge in [0.25, 0.3) is 0 Å². The zero-order valence-corrected chi connectivity index (χ0v) is 14.4. The van der Waals surface area contributed by atoms with Gasteiger partial charge >= 0.3 is 11.8 Å². The van der Waals surface area contributed by atoms with Gasteiger partial charge in [0.1, 0.15) is 0 Å². The summed E-state index contributed by atoms with van der Waals surface area (Å²) >= 11 is 0.